The maximum absolute atomic E-state index is 12.9. The van der Waals surface area contributed by atoms with Gasteiger partial charge in [0.2, 0.25) is 5.91 Å². The molecule has 3 rings (SSSR count). The number of hydrogen-bond acceptors (Lipinski definition) is 6. The van der Waals surface area contributed by atoms with Crippen molar-refractivity contribution < 1.29 is 19.4 Å². The first-order chi connectivity index (χ1) is 15.9. The number of carbonyl (C=O) groups is 2. The molecule has 0 radical (unpaired) electrons. The highest BCUT2D eigenvalue weighted by atomic mass is 16.5. The van der Waals surface area contributed by atoms with Crippen molar-refractivity contribution >= 4 is 17.6 Å². The first kappa shape index (κ1) is 24.7. The van der Waals surface area contributed by atoms with E-state index in [1.165, 1.54) is 0 Å². The molecule has 1 aliphatic heterocycles. The van der Waals surface area contributed by atoms with Crippen molar-refractivity contribution in [2.45, 2.75) is 52.0 Å². The molecule has 1 aliphatic rings. The number of fused-ring (bicyclic) bond motifs is 2. The minimum Gasteiger partial charge on any atom is -0.394 e. The van der Waals surface area contributed by atoms with Gasteiger partial charge in [-0.2, -0.15) is 0 Å². The zero-order valence-corrected chi connectivity index (χ0v) is 19.6. The number of amides is 3. The van der Waals surface area contributed by atoms with Gasteiger partial charge in [-0.1, -0.05) is 30.3 Å². The van der Waals surface area contributed by atoms with Crippen LogP contribution in [0, 0.1) is 5.92 Å². The Morgan fingerprint density at radius 1 is 1.36 bits per heavy atom. The first-order valence-corrected chi connectivity index (χ1v) is 11.4. The molecule has 0 saturated carbocycles. The molecule has 10 heteroatoms. The first-order valence-electron chi connectivity index (χ1n) is 11.4. The van der Waals surface area contributed by atoms with E-state index in [4.69, 9.17) is 4.74 Å². The molecule has 180 valence electrons. The van der Waals surface area contributed by atoms with E-state index in [2.05, 4.69) is 15.6 Å². The number of nitrogens with zero attached hydrogens (tertiary/aromatic N) is 5. The molecule has 0 aliphatic carbocycles. The van der Waals surface area contributed by atoms with Crippen molar-refractivity contribution in [3.8, 4) is 0 Å². The molecule has 33 heavy (non-hydrogen) atoms. The molecular weight excluding hydrogens is 424 g/mol. The number of para-hydroxylation sites is 1. The van der Waals surface area contributed by atoms with Gasteiger partial charge in [-0.05, 0) is 25.5 Å². The van der Waals surface area contributed by atoms with Gasteiger partial charge in [0.15, 0.2) is 0 Å². The van der Waals surface area contributed by atoms with E-state index in [1.54, 1.807) is 21.5 Å². The zero-order valence-electron chi connectivity index (χ0n) is 19.6. The number of ether oxygens (including phenoxy) is 1. The van der Waals surface area contributed by atoms with Crippen LogP contribution >= 0.6 is 0 Å². The number of urea groups is 1. The number of rotatable bonds is 5. The fourth-order valence-electron chi connectivity index (χ4n) is 3.79. The molecule has 2 N–H and O–H groups in total. The largest absolute Gasteiger partial charge is 0.394 e. The molecule has 2 aromatic rings. The Hall–Kier alpha value is -2.98. The number of aliphatic hydroxyl groups is 1. The number of aryl methyl sites for hydroxylation is 1. The maximum Gasteiger partial charge on any atom is 0.321 e. The molecule has 3 amide bonds. The SMILES string of the molecule is C[C@@H]1CN([C@@H](C)CO)C(=O)CCCn2cc(nn2)CO[C@@H]1CN(C)C(=O)Nc1ccccc1. The summed E-state index contributed by atoms with van der Waals surface area (Å²) in [6.07, 6.45) is 2.46. The van der Waals surface area contributed by atoms with Crippen molar-refractivity contribution in [3.63, 3.8) is 0 Å². The van der Waals surface area contributed by atoms with Crippen LogP contribution in [0.15, 0.2) is 36.5 Å². The highest BCUT2D eigenvalue weighted by Gasteiger charge is 2.28. The number of carbonyl (C=O) groups excluding carboxylic acids is 2. The van der Waals surface area contributed by atoms with Crippen LogP contribution in [-0.2, 0) is 22.7 Å². The van der Waals surface area contributed by atoms with Gasteiger partial charge >= 0.3 is 6.03 Å². The second kappa shape index (κ2) is 11.8. The number of benzene rings is 1. The third-order valence-corrected chi connectivity index (χ3v) is 5.87. The van der Waals surface area contributed by atoms with Gasteiger partial charge in [-0.3, -0.25) is 9.48 Å². The van der Waals surface area contributed by atoms with Crippen molar-refractivity contribution in [1.29, 1.82) is 0 Å². The Labute approximate surface area is 194 Å². The Bertz CT molecular complexity index is 905. The highest BCUT2D eigenvalue weighted by Crippen LogP contribution is 2.18. The average molecular weight is 459 g/mol. The molecule has 1 aromatic carbocycles. The van der Waals surface area contributed by atoms with E-state index >= 15 is 0 Å². The van der Waals surface area contributed by atoms with Crippen LogP contribution in [0.1, 0.15) is 32.4 Å². The lowest BCUT2D eigenvalue weighted by atomic mass is 10.0. The Morgan fingerprint density at radius 3 is 2.85 bits per heavy atom. The van der Waals surface area contributed by atoms with E-state index < -0.39 is 0 Å². The molecule has 10 nitrogen and oxygen atoms in total. The monoisotopic (exact) mass is 458 g/mol. The third kappa shape index (κ3) is 7.00. The van der Waals surface area contributed by atoms with Crippen LogP contribution < -0.4 is 5.32 Å². The minimum absolute atomic E-state index is 0.0167. The van der Waals surface area contributed by atoms with Crippen LogP contribution in [0.4, 0.5) is 10.5 Å². The Kier molecular flexibility index (Phi) is 8.79. The van der Waals surface area contributed by atoms with Gasteiger partial charge in [-0.15, -0.1) is 5.10 Å². The summed E-state index contributed by atoms with van der Waals surface area (Å²) in [7, 11) is 1.71. The molecule has 0 fully saturated rings. The van der Waals surface area contributed by atoms with Crippen molar-refractivity contribution in [1.82, 2.24) is 24.8 Å². The standard InChI is InChI=1S/C23H34N6O4/c1-17-12-29(18(2)15-30)22(31)10-7-11-28-13-20(25-26-28)16-33-21(17)14-27(3)23(32)24-19-8-5-4-6-9-19/h4-6,8-9,13,17-18,21,30H,7,10-12,14-16H2,1-3H3,(H,24,32)/t17-,18+,21-/m1/s1. The van der Waals surface area contributed by atoms with E-state index in [1.807, 2.05) is 50.4 Å². The predicted molar refractivity (Wildman–Crippen MR) is 123 cm³/mol. The lowest BCUT2D eigenvalue weighted by Gasteiger charge is -2.35. The number of anilines is 1. The van der Waals surface area contributed by atoms with Crippen LogP contribution in [0.25, 0.3) is 0 Å². The summed E-state index contributed by atoms with van der Waals surface area (Å²) in [6.45, 7) is 5.30. The third-order valence-electron chi connectivity index (χ3n) is 5.87. The fraction of sp³-hybridized carbons (Fsp3) is 0.565. The van der Waals surface area contributed by atoms with Crippen molar-refractivity contribution in [3.05, 3.63) is 42.2 Å². The zero-order chi connectivity index (χ0) is 23.8. The van der Waals surface area contributed by atoms with E-state index in [-0.39, 0.29) is 43.2 Å². The summed E-state index contributed by atoms with van der Waals surface area (Å²) < 4.78 is 7.91. The van der Waals surface area contributed by atoms with Crippen molar-refractivity contribution in [2.24, 2.45) is 5.92 Å². The van der Waals surface area contributed by atoms with Gasteiger partial charge in [-0.25, -0.2) is 4.79 Å². The van der Waals surface area contributed by atoms with Gasteiger partial charge in [0.1, 0.15) is 5.69 Å². The van der Waals surface area contributed by atoms with Crippen molar-refractivity contribution in [2.75, 3.05) is 32.1 Å². The minimum atomic E-state index is -0.358. The van der Waals surface area contributed by atoms with Gasteiger partial charge < -0.3 is 25.0 Å². The number of nitrogens with one attached hydrogen (secondary N) is 1. The molecule has 3 atom stereocenters. The van der Waals surface area contributed by atoms with Gasteiger partial charge in [0.25, 0.3) is 0 Å². The molecule has 0 spiro atoms. The Balaban J connectivity index is 1.75. The number of aromatic nitrogens is 3. The quantitative estimate of drug-likeness (QED) is 0.708. The lowest BCUT2D eigenvalue weighted by Crippen LogP contribution is -2.48. The molecular formula is C23H34N6O4. The molecule has 2 heterocycles. The number of aliphatic hydroxyl groups excluding tert-OH is 1. The fourth-order valence-corrected chi connectivity index (χ4v) is 3.79. The number of hydrogen-bond donors (Lipinski definition) is 2. The molecule has 1 aromatic heterocycles. The van der Waals surface area contributed by atoms with Crippen LogP contribution in [-0.4, -0.2) is 80.7 Å². The van der Waals surface area contributed by atoms with Crippen LogP contribution in [0.3, 0.4) is 0 Å². The normalized spacial score (nSPS) is 20.8. The second-order valence-electron chi connectivity index (χ2n) is 8.66. The predicted octanol–water partition coefficient (Wildman–Crippen LogP) is 1.97. The molecule has 0 unspecified atom stereocenters. The summed E-state index contributed by atoms with van der Waals surface area (Å²) in [5.74, 6) is -0.109. The topological polar surface area (TPSA) is 113 Å². The maximum atomic E-state index is 12.9. The number of likely N-dealkylation sites (N-methyl/N-ethyl adjacent to an activating group) is 1. The second-order valence-corrected chi connectivity index (χ2v) is 8.66. The van der Waals surface area contributed by atoms with Gasteiger partial charge in [0.05, 0.1) is 31.6 Å². The summed E-state index contributed by atoms with van der Waals surface area (Å²) in [4.78, 5) is 28.9. The van der Waals surface area contributed by atoms with Gasteiger partial charge in [0, 0.05) is 44.7 Å². The Morgan fingerprint density at radius 2 is 2.12 bits per heavy atom. The average Bonchev–Trinajstić information content (AvgIpc) is 3.27. The van der Waals surface area contributed by atoms with Crippen LogP contribution in [0.5, 0.6) is 0 Å². The smallest absolute Gasteiger partial charge is 0.321 e. The highest BCUT2D eigenvalue weighted by molar-refractivity contribution is 5.89. The van der Waals surface area contributed by atoms with E-state index in [9.17, 15) is 14.7 Å². The van der Waals surface area contributed by atoms with E-state index in [0.717, 1.165) is 0 Å². The summed E-state index contributed by atoms with van der Waals surface area (Å²) in [6, 6.07) is 8.71. The molecule has 2 bridgehead atoms. The summed E-state index contributed by atoms with van der Waals surface area (Å²) in [5.41, 5.74) is 1.41. The van der Waals surface area contributed by atoms with Crippen LogP contribution in [0.2, 0.25) is 0 Å². The lowest BCUT2D eigenvalue weighted by molar-refractivity contribution is -0.136. The molecule has 0 saturated heterocycles. The summed E-state index contributed by atoms with van der Waals surface area (Å²) >= 11 is 0. The van der Waals surface area contributed by atoms with E-state index in [0.29, 0.717) is 43.9 Å². The summed E-state index contributed by atoms with van der Waals surface area (Å²) in [5, 5.41) is 20.8.